The molecule has 1 saturated carbocycles. The smallest absolute Gasteiger partial charge is 0.0252 e. The van der Waals surface area contributed by atoms with Crippen LogP contribution in [-0.2, 0) is 0 Å². The van der Waals surface area contributed by atoms with Gasteiger partial charge in [-0.15, -0.1) is 0 Å². The molecule has 0 amide bonds. The molecule has 2 nitrogen and oxygen atoms in total. The zero-order valence-corrected chi connectivity index (χ0v) is 9.84. The van der Waals surface area contributed by atoms with Gasteiger partial charge >= 0.3 is 0 Å². The van der Waals surface area contributed by atoms with Crippen molar-refractivity contribution in [1.29, 1.82) is 0 Å². The van der Waals surface area contributed by atoms with Crippen LogP contribution in [0.4, 0.5) is 0 Å². The average molecular weight is 196 g/mol. The molecule has 1 aliphatic carbocycles. The summed E-state index contributed by atoms with van der Waals surface area (Å²) in [4.78, 5) is 2.65. The van der Waals surface area contributed by atoms with Gasteiger partial charge in [-0.05, 0) is 38.5 Å². The molecule has 0 unspecified atom stereocenters. The van der Waals surface area contributed by atoms with E-state index in [2.05, 4.69) is 31.0 Å². The summed E-state index contributed by atoms with van der Waals surface area (Å²) >= 11 is 0. The van der Waals surface area contributed by atoms with E-state index in [1.807, 2.05) is 0 Å². The van der Waals surface area contributed by atoms with Gasteiger partial charge in [0.2, 0.25) is 0 Å². The number of hydrogen-bond donors (Lipinski definition) is 1. The van der Waals surface area contributed by atoms with E-state index in [0.29, 0.717) is 5.54 Å². The van der Waals surface area contributed by atoms with Crippen LogP contribution in [0.25, 0.3) is 0 Å². The van der Waals surface area contributed by atoms with E-state index in [1.165, 1.54) is 32.5 Å². The number of nitrogens with one attached hydrogen (secondary N) is 1. The van der Waals surface area contributed by atoms with Gasteiger partial charge in [-0.3, -0.25) is 4.90 Å². The molecule has 0 spiro atoms. The molecule has 1 saturated heterocycles. The third kappa shape index (κ3) is 2.48. The van der Waals surface area contributed by atoms with Gasteiger partial charge in [-0.1, -0.05) is 6.92 Å². The van der Waals surface area contributed by atoms with Crippen LogP contribution in [-0.4, -0.2) is 36.6 Å². The van der Waals surface area contributed by atoms with E-state index in [0.717, 1.165) is 18.4 Å². The minimum Gasteiger partial charge on any atom is -0.309 e. The van der Waals surface area contributed by atoms with E-state index in [4.69, 9.17) is 0 Å². The highest BCUT2D eigenvalue weighted by atomic mass is 15.2. The second-order valence-electron chi connectivity index (χ2n) is 5.99. The average Bonchev–Trinajstić information content (AvgIpc) is 1.99. The second kappa shape index (κ2) is 3.82. The third-order valence-electron chi connectivity index (χ3n) is 3.64. The number of piperazine rings is 1. The molecule has 1 heterocycles. The highest BCUT2D eigenvalue weighted by Gasteiger charge is 2.31. The first-order valence-electron chi connectivity index (χ1n) is 6.02. The second-order valence-corrected chi connectivity index (χ2v) is 5.99. The van der Waals surface area contributed by atoms with Crippen LogP contribution in [0.1, 0.15) is 33.6 Å². The Labute approximate surface area is 88.1 Å². The minimum atomic E-state index is 0.327. The van der Waals surface area contributed by atoms with Crippen molar-refractivity contribution < 1.29 is 0 Å². The lowest BCUT2D eigenvalue weighted by atomic mass is 9.76. The van der Waals surface area contributed by atoms with Crippen molar-refractivity contribution in [3.05, 3.63) is 0 Å². The number of nitrogens with zero attached hydrogens (tertiary/aromatic N) is 1. The third-order valence-corrected chi connectivity index (χ3v) is 3.64. The van der Waals surface area contributed by atoms with Crippen molar-refractivity contribution in [1.82, 2.24) is 10.2 Å². The first kappa shape index (κ1) is 10.4. The fourth-order valence-electron chi connectivity index (χ4n) is 2.99. The molecule has 1 aliphatic heterocycles. The molecular weight excluding hydrogens is 172 g/mol. The molecule has 0 aromatic rings. The van der Waals surface area contributed by atoms with Crippen LogP contribution < -0.4 is 5.32 Å². The van der Waals surface area contributed by atoms with Crippen molar-refractivity contribution in [3.63, 3.8) is 0 Å². The van der Waals surface area contributed by atoms with Gasteiger partial charge in [0.15, 0.2) is 0 Å². The van der Waals surface area contributed by atoms with Crippen molar-refractivity contribution in [2.24, 2.45) is 11.8 Å². The normalized spacial score (nSPS) is 37.9. The maximum absolute atomic E-state index is 3.56. The predicted molar refractivity (Wildman–Crippen MR) is 60.4 cm³/mol. The summed E-state index contributed by atoms with van der Waals surface area (Å²) in [7, 11) is 0. The standard InChI is InChI=1S/C12H24N2/c1-10-6-11(7-10)8-14-5-4-13-12(2,3)9-14/h10-11,13H,4-9H2,1-3H3. The van der Waals surface area contributed by atoms with Crippen LogP contribution in [0.15, 0.2) is 0 Å². The lowest BCUT2D eigenvalue weighted by Gasteiger charge is -2.43. The van der Waals surface area contributed by atoms with E-state index >= 15 is 0 Å². The van der Waals surface area contributed by atoms with E-state index in [9.17, 15) is 0 Å². The van der Waals surface area contributed by atoms with Crippen LogP contribution in [0.2, 0.25) is 0 Å². The van der Waals surface area contributed by atoms with E-state index in [-0.39, 0.29) is 0 Å². The Morgan fingerprint density at radius 2 is 2.07 bits per heavy atom. The monoisotopic (exact) mass is 196 g/mol. The summed E-state index contributed by atoms with van der Waals surface area (Å²) in [6.07, 6.45) is 2.93. The molecule has 0 aromatic heterocycles. The Bertz CT molecular complexity index is 194. The van der Waals surface area contributed by atoms with Gasteiger partial charge in [0.05, 0.1) is 0 Å². The summed E-state index contributed by atoms with van der Waals surface area (Å²) in [5.74, 6) is 2.00. The Morgan fingerprint density at radius 1 is 1.36 bits per heavy atom. The van der Waals surface area contributed by atoms with Gasteiger partial charge < -0.3 is 5.32 Å². The maximum Gasteiger partial charge on any atom is 0.0252 e. The fraction of sp³-hybridized carbons (Fsp3) is 1.00. The quantitative estimate of drug-likeness (QED) is 0.723. The number of rotatable bonds is 2. The molecule has 0 bridgehead atoms. The molecule has 2 rings (SSSR count). The lowest BCUT2D eigenvalue weighted by molar-refractivity contribution is 0.0909. The van der Waals surface area contributed by atoms with E-state index < -0.39 is 0 Å². The maximum atomic E-state index is 3.56. The zero-order chi connectivity index (χ0) is 10.2. The van der Waals surface area contributed by atoms with Crippen LogP contribution in [0.5, 0.6) is 0 Å². The molecule has 14 heavy (non-hydrogen) atoms. The van der Waals surface area contributed by atoms with Crippen molar-refractivity contribution in [2.75, 3.05) is 26.2 Å². The summed E-state index contributed by atoms with van der Waals surface area (Å²) in [6, 6.07) is 0. The highest BCUT2D eigenvalue weighted by molar-refractivity contribution is 4.89. The Hall–Kier alpha value is -0.0800. The molecule has 2 fully saturated rings. The molecule has 0 atom stereocenters. The van der Waals surface area contributed by atoms with Gasteiger partial charge in [0.1, 0.15) is 0 Å². The van der Waals surface area contributed by atoms with E-state index in [1.54, 1.807) is 0 Å². The van der Waals surface area contributed by atoms with Crippen LogP contribution in [0, 0.1) is 11.8 Å². The topological polar surface area (TPSA) is 15.3 Å². The largest absolute Gasteiger partial charge is 0.309 e. The lowest BCUT2D eigenvalue weighted by Crippen LogP contribution is -2.58. The van der Waals surface area contributed by atoms with Gasteiger partial charge in [-0.25, -0.2) is 0 Å². The first-order chi connectivity index (χ1) is 6.55. The van der Waals surface area contributed by atoms with Gasteiger partial charge in [-0.2, -0.15) is 0 Å². The number of hydrogen-bond acceptors (Lipinski definition) is 2. The molecular formula is C12H24N2. The van der Waals surface area contributed by atoms with Crippen LogP contribution in [0.3, 0.4) is 0 Å². The molecule has 82 valence electrons. The van der Waals surface area contributed by atoms with Crippen molar-refractivity contribution in [2.45, 2.75) is 39.2 Å². The van der Waals surface area contributed by atoms with Crippen molar-refractivity contribution in [3.8, 4) is 0 Å². The summed E-state index contributed by atoms with van der Waals surface area (Å²) in [5.41, 5.74) is 0.327. The Morgan fingerprint density at radius 3 is 2.64 bits per heavy atom. The zero-order valence-electron chi connectivity index (χ0n) is 9.84. The first-order valence-corrected chi connectivity index (χ1v) is 6.02. The summed E-state index contributed by atoms with van der Waals surface area (Å²) in [5, 5.41) is 3.56. The van der Waals surface area contributed by atoms with Crippen LogP contribution >= 0.6 is 0 Å². The van der Waals surface area contributed by atoms with Crippen molar-refractivity contribution >= 4 is 0 Å². The fourth-order valence-corrected chi connectivity index (χ4v) is 2.99. The molecule has 0 aromatic carbocycles. The SMILES string of the molecule is CC1CC(CN2CCNC(C)(C)C2)C1. The Balaban J connectivity index is 1.75. The molecule has 2 aliphatic rings. The highest BCUT2D eigenvalue weighted by Crippen LogP contribution is 2.33. The molecule has 0 radical (unpaired) electrons. The summed E-state index contributed by atoms with van der Waals surface area (Å²) in [6.45, 7) is 12.0. The van der Waals surface area contributed by atoms with Gasteiger partial charge in [0, 0.05) is 31.7 Å². The minimum absolute atomic E-state index is 0.327. The summed E-state index contributed by atoms with van der Waals surface area (Å²) < 4.78 is 0. The molecule has 2 heteroatoms. The van der Waals surface area contributed by atoms with Gasteiger partial charge in [0.25, 0.3) is 0 Å². The molecule has 1 N–H and O–H groups in total. The Kier molecular flexibility index (Phi) is 2.85. The predicted octanol–water partition coefficient (Wildman–Crippen LogP) is 1.72.